The summed E-state index contributed by atoms with van der Waals surface area (Å²) in [6, 6.07) is 5.07. The third kappa shape index (κ3) is 2.69. The zero-order valence-corrected chi connectivity index (χ0v) is 10.9. The number of halogens is 4. The fraction of sp³-hybridized carbons (Fsp3) is 0.182. The second kappa shape index (κ2) is 5.34. The molecule has 0 unspecified atom stereocenters. The SMILES string of the molecule is O=[N+]([O-])c1ccccc1-n1nc(C(F)(F)F)c(CO)c1Cl. The molecule has 0 bridgehead atoms. The first-order valence-electron chi connectivity index (χ1n) is 5.46. The molecule has 21 heavy (non-hydrogen) atoms. The summed E-state index contributed by atoms with van der Waals surface area (Å²) in [5.74, 6) is 0. The number of nitro groups is 1. The molecule has 2 rings (SSSR count). The fourth-order valence-corrected chi connectivity index (χ4v) is 2.03. The van der Waals surface area contributed by atoms with Gasteiger partial charge in [0.25, 0.3) is 5.69 Å². The molecule has 0 saturated heterocycles. The lowest BCUT2D eigenvalue weighted by Crippen LogP contribution is -2.10. The minimum Gasteiger partial charge on any atom is -0.391 e. The smallest absolute Gasteiger partial charge is 0.391 e. The maximum absolute atomic E-state index is 12.8. The summed E-state index contributed by atoms with van der Waals surface area (Å²) in [5, 5.41) is 22.7. The summed E-state index contributed by atoms with van der Waals surface area (Å²) in [5.41, 5.74) is -2.70. The van der Waals surface area contributed by atoms with Gasteiger partial charge in [0.05, 0.1) is 11.5 Å². The molecule has 0 radical (unpaired) electrons. The molecule has 0 aliphatic carbocycles. The molecule has 0 saturated carbocycles. The summed E-state index contributed by atoms with van der Waals surface area (Å²) in [4.78, 5) is 10.1. The summed E-state index contributed by atoms with van der Waals surface area (Å²) < 4.78 is 39.1. The van der Waals surface area contributed by atoms with E-state index in [-0.39, 0.29) is 5.69 Å². The van der Waals surface area contributed by atoms with Crippen molar-refractivity contribution < 1.29 is 23.2 Å². The van der Waals surface area contributed by atoms with E-state index >= 15 is 0 Å². The minimum absolute atomic E-state index is 0.224. The Morgan fingerprint density at radius 3 is 2.48 bits per heavy atom. The van der Waals surface area contributed by atoms with Gasteiger partial charge >= 0.3 is 6.18 Å². The first kappa shape index (κ1) is 15.3. The average Bonchev–Trinajstić information content (AvgIpc) is 2.75. The topological polar surface area (TPSA) is 81.2 Å². The third-order valence-electron chi connectivity index (χ3n) is 2.65. The lowest BCUT2D eigenvalue weighted by Gasteiger charge is -2.04. The monoisotopic (exact) mass is 321 g/mol. The van der Waals surface area contributed by atoms with Crippen molar-refractivity contribution in [3.63, 3.8) is 0 Å². The highest BCUT2D eigenvalue weighted by molar-refractivity contribution is 6.30. The summed E-state index contributed by atoms with van der Waals surface area (Å²) >= 11 is 5.76. The van der Waals surface area contributed by atoms with Gasteiger partial charge in [-0.3, -0.25) is 10.1 Å². The maximum atomic E-state index is 12.8. The van der Waals surface area contributed by atoms with Crippen LogP contribution >= 0.6 is 11.6 Å². The number of aliphatic hydroxyl groups excluding tert-OH is 1. The summed E-state index contributed by atoms with van der Waals surface area (Å²) in [7, 11) is 0. The number of aliphatic hydroxyl groups is 1. The van der Waals surface area contributed by atoms with Crippen molar-refractivity contribution in [2.75, 3.05) is 0 Å². The molecule has 1 heterocycles. The molecule has 112 valence electrons. The van der Waals surface area contributed by atoms with Crippen molar-refractivity contribution >= 4 is 17.3 Å². The second-order valence-corrected chi connectivity index (χ2v) is 4.29. The summed E-state index contributed by atoms with van der Waals surface area (Å²) in [6.45, 7) is -0.992. The largest absolute Gasteiger partial charge is 0.435 e. The molecule has 0 aliphatic rings. The quantitative estimate of drug-likeness (QED) is 0.696. The van der Waals surface area contributed by atoms with Crippen LogP contribution in [0.1, 0.15) is 11.3 Å². The molecule has 1 aromatic carbocycles. The van der Waals surface area contributed by atoms with Gasteiger partial charge in [-0.1, -0.05) is 23.7 Å². The number of aromatic nitrogens is 2. The second-order valence-electron chi connectivity index (χ2n) is 3.93. The molecule has 0 aliphatic heterocycles. The van der Waals surface area contributed by atoms with Gasteiger partial charge in [-0.15, -0.1) is 0 Å². The van der Waals surface area contributed by atoms with Gasteiger partial charge in [-0.05, 0) is 6.07 Å². The molecular weight excluding hydrogens is 315 g/mol. The van der Waals surface area contributed by atoms with Crippen LogP contribution in [-0.4, -0.2) is 19.8 Å². The van der Waals surface area contributed by atoms with Gasteiger partial charge in [0.2, 0.25) is 0 Å². The van der Waals surface area contributed by atoms with E-state index < -0.39 is 39.8 Å². The zero-order chi connectivity index (χ0) is 15.8. The molecule has 6 nitrogen and oxygen atoms in total. The van der Waals surface area contributed by atoms with Crippen molar-refractivity contribution in [3.8, 4) is 5.69 Å². The highest BCUT2D eigenvalue weighted by Gasteiger charge is 2.39. The van der Waals surface area contributed by atoms with Crippen molar-refractivity contribution in [1.29, 1.82) is 0 Å². The van der Waals surface area contributed by atoms with Crippen LogP contribution in [0.2, 0.25) is 5.15 Å². The van der Waals surface area contributed by atoms with Crippen molar-refractivity contribution in [2.45, 2.75) is 12.8 Å². The Labute approximate surface area is 120 Å². The number of benzene rings is 1. The molecule has 10 heteroatoms. The van der Waals surface area contributed by atoms with E-state index in [0.717, 1.165) is 6.07 Å². The first-order chi connectivity index (χ1) is 9.77. The normalized spacial score (nSPS) is 11.7. The number of hydrogen-bond donors (Lipinski definition) is 1. The number of nitro benzene ring substituents is 1. The van der Waals surface area contributed by atoms with Gasteiger partial charge in [-0.25, -0.2) is 4.68 Å². The van der Waals surface area contributed by atoms with Gasteiger partial charge in [0, 0.05) is 11.6 Å². The van der Waals surface area contributed by atoms with Gasteiger partial charge in [0.1, 0.15) is 10.8 Å². The highest BCUT2D eigenvalue weighted by Crippen LogP contribution is 2.36. The first-order valence-corrected chi connectivity index (χ1v) is 5.84. The molecule has 0 atom stereocenters. The molecule has 1 aromatic heterocycles. The number of alkyl halides is 3. The van der Waals surface area contributed by atoms with Crippen LogP contribution in [0.25, 0.3) is 5.69 Å². The number of nitrogens with zero attached hydrogens (tertiary/aromatic N) is 3. The van der Waals surface area contributed by atoms with Gasteiger partial charge < -0.3 is 5.11 Å². The van der Waals surface area contributed by atoms with Crippen molar-refractivity contribution in [1.82, 2.24) is 9.78 Å². The maximum Gasteiger partial charge on any atom is 0.435 e. The molecule has 0 amide bonds. The average molecular weight is 322 g/mol. The van der Waals surface area contributed by atoms with Crippen LogP contribution in [0.3, 0.4) is 0 Å². The van der Waals surface area contributed by atoms with E-state index in [0.29, 0.717) is 4.68 Å². The zero-order valence-electron chi connectivity index (χ0n) is 10.1. The van der Waals surface area contributed by atoms with Crippen LogP contribution in [0.5, 0.6) is 0 Å². The van der Waals surface area contributed by atoms with E-state index in [4.69, 9.17) is 16.7 Å². The lowest BCUT2D eigenvalue weighted by molar-refractivity contribution is -0.384. The van der Waals surface area contributed by atoms with Crippen molar-refractivity contribution in [2.24, 2.45) is 0 Å². The van der Waals surface area contributed by atoms with E-state index in [9.17, 15) is 23.3 Å². The Balaban J connectivity index is 2.72. The lowest BCUT2D eigenvalue weighted by atomic mass is 10.2. The van der Waals surface area contributed by atoms with Crippen LogP contribution in [0.4, 0.5) is 18.9 Å². The molecule has 1 N–H and O–H groups in total. The Bertz CT molecular complexity index is 700. The van der Waals surface area contributed by atoms with Crippen LogP contribution < -0.4 is 0 Å². The van der Waals surface area contributed by atoms with Crippen LogP contribution in [0, 0.1) is 10.1 Å². The Morgan fingerprint density at radius 2 is 2.00 bits per heavy atom. The molecule has 2 aromatic rings. The van der Waals surface area contributed by atoms with Gasteiger partial charge in [-0.2, -0.15) is 18.3 Å². The molecular formula is C11H7ClF3N3O3. The van der Waals surface area contributed by atoms with Gasteiger partial charge in [0.15, 0.2) is 5.69 Å². The van der Waals surface area contributed by atoms with E-state index in [1.165, 1.54) is 18.2 Å². The standard InChI is InChI=1S/C11H7ClF3N3O3/c12-10-6(5-19)9(11(13,14)15)16-17(10)7-3-1-2-4-8(7)18(20)21/h1-4,19H,5H2. The van der Waals surface area contributed by atoms with E-state index in [2.05, 4.69) is 5.10 Å². The fourth-order valence-electron chi connectivity index (χ4n) is 1.75. The minimum atomic E-state index is -4.84. The summed E-state index contributed by atoms with van der Waals surface area (Å²) in [6.07, 6.45) is -4.84. The van der Waals surface area contributed by atoms with Crippen LogP contribution in [0.15, 0.2) is 24.3 Å². The predicted molar refractivity (Wildman–Crippen MR) is 66.2 cm³/mol. The molecule has 0 spiro atoms. The molecule has 0 fully saturated rings. The number of rotatable bonds is 3. The Hall–Kier alpha value is -2.13. The van der Waals surface area contributed by atoms with E-state index in [1.54, 1.807) is 0 Å². The van der Waals surface area contributed by atoms with Crippen molar-refractivity contribution in [3.05, 3.63) is 50.8 Å². The highest BCUT2D eigenvalue weighted by atomic mass is 35.5. The predicted octanol–water partition coefficient (Wildman–Crippen LogP) is 2.95. The number of hydrogen-bond acceptors (Lipinski definition) is 4. The third-order valence-corrected chi connectivity index (χ3v) is 3.04. The number of para-hydroxylation sites is 2. The Kier molecular flexibility index (Phi) is 3.88. The van der Waals surface area contributed by atoms with Crippen LogP contribution in [-0.2, 0) is 12.8 Å². The van der Waals surface area contributed by atoms with E-state index in [1.807, 2.05) is 0 Å². The Morgan fingerprint density at radius 1 is 1.38 bits per heavy atom.